The zero-order valence-electron chi connectivity index (χ0n) is 10.7. The lowest BCUT2D eigenvalue weighted by Gasteiger charge is -2.37. The number of halogens is 1. The summed E-state index contributed by atoms with van der Waals surface area (Å²) in [6.45, 7) is 3.65. The van der Waals surface area contributed by atoms with E-state index in [-0.39, 0.29) is 16.6 Å². The van der Waals surface area contributed by atoms with Crippen molar-refractivity contribution < 1.29 is 9.18 Å². The van der Waals surface area contributed by atoms with E-state index < -0.39 is 0 Å². The third-order valence-corrected chi connectivity index (χ3v) is 4.41. The second-order valence-corrected chi connectivity index (χ2v) is 5.73. The van der Waals surface area contributed by atoms with E-state index in [1.165, 1.54) is 25.0 Å². The van der Waals surface area contributed by atoms with E-state index in [9.17, 15) is 9.18 Å². The summed E-state index contributed by atoms with van der Waals surface area (Å²) in [4.78, 5) is 17.0. The highest BCUT2D eigenvalue weighted by atomic mass is 32.1. The van der Waals surface area contributed by atoms with Crippen molar-refractivity contribution in [3.05, 3.63) is 29.6 Å². The van der Waals surface area contributed by atoms with Crippen molar-refractivity contribution in [3.8, 4) is 0 Å². The van der Waals surface area contributed by atoms with Crippen LogP contribution in [0.25, 0.3) is 0 Å². The average Bonchev–Trinajstić information content (AvgIpc) is 2.88. The molecule has 3 rings (SSSR count). The topological polar surface area (TPSA) is 23.6 Å². The van der Waals surface area contributed by atoms with E-state index >= 15 is 0 Å². The summed E-state index contributed by atoms with van der Waals surface area (Å²) in [6.07, 6.45) is 2.40. The van der Waals surface area contributed by atoms with Gasteiger partial charge in [0.25, 0.3) is 5.91 Å². The normalized spacial score (nSPS) is 23.5. The molecule has 19 heavy (non-hydrogen) atoms. The number of nitrogens with zero attached hydrogens (tertiary/aromatic N) is 2. The highest BCUT2D eigenvalue weighted by Gasteiger charge is 2.32. The van der Waals surface area contributed by atoms with Crippen molar-refractivity contribution in [1.82, 2.24) is 9.80 Å². The van der Waals surface area contributed by atoms with Crippen LogP contribution >= 0.6 is 12.6 Å². The van der Waals surface area contributed by atoms with Gasteiger partial charge in [0.1, 0.15) is 5.82 Å². The van der Waals surface area contributed by atoms with Crippen LogP contribution in [0.4, 0.5) is 4.39 Å². The van der Waals surface area contributed by atoms with Crippen LogP contribution in [0.1, 0.15) is 23.2 Å². The average molecular weight is 280 g/mol. The maximum atomic E-state index is 13.2. The molecule has 1 atom stereocenters. The molecule has 5 heteroatoms. The van der Waals surface area contributed by atoms with E-state index in [0.29, 0.717) is 11.6 Å². The lowest BCUT2D eigenvalue weighted by Crippen LogP contribution is -2.52. The number of piperazine rings is 1. The van der Waals surface area contributed by atoms with Gasteiger partial charge in [0.05, 0.1) is 0 Å². The van der Waals surface area contributed by atoms with E-state index in [1.54, 1.807) is 6.07 Å². The lowest BCUT2D eigenvalue weighted by molar-refractivity contribution is 0.0571. The molecule has 2 heterocycles. The van der Waals surface area contributed by atoms with E-state index in [0.717, 1.165) is 26.2 Å². The Bertz CT molecular complexity index is 508. The van der Waals surface area contributed by atoms with Crippen LogP contribution in [0.2, 0.25) is 0 Å². The largest absolute Gasteiger partial charge is 0.336 e. The Morgan fingerprint density at radius 2 is 2.16 bits per heavy atom. The van der Waals surface area contributed by atoms with Gasteiger partial charge in [-0.25, -0.2) is 4.39 Å². The summed E-state index contributed by atoms with van der Waals surface area (Å²) in [5, 5.41) is 0. The fourth-order valence-electron chi connectivity index (χ4n) is 3.00. The molecule has 2 fully saturated rings. The van der Waals surface area contributed by atoms with E-state index in [1.807, 2.05) is 4.90 Å². The molecule has 0 spiro atoms. The second-order valence-electron chi connectivity index (χ2n) is 5.25. The van der Waals surface area contributed by atoms with Crippen LogP contribution in [0.5, 0.6) is 0 Å². The van der Waals surface area contributed by atoms with Gasteiger partial charge in [-0.1, -0.05) is 0 Å². The SMILES string of the molecule is O=C(c1ccc(F)c(S)c1)N1CCN2CCCC2C1. The molecule has 2 saturated heterocycles. The quantitative estimate of drug-likeness (QED) is 0.796. The van der Waals surface area contributed by atoms with Gasteiger partial charge in [0.2, 0.25) is 0 Å². The molecular weight excluding hydrogens is 263 g/mol. The molecule has 0 aliphatic carbocycles. The van der Waals surface area contributed by atoms with Gasteiger partial charge in [-0.2, -0.15) is 0 Å². The van der Waals surface area contributed by atoms with Crippen LogP contribution in [-0.2, 0) is 0 Å². The predicted molar refractivity (Wildman–Crippen MR) is 74.2 cm³/mol. The molecule has 0 bridgehead atoms. The highest BCUT2D eigenvalue weighted by molar-refractivity contribution is 7.80. The Labute approximate surface area is 117 Å². The molecule has 1 unspecified atom stereocenters. The number of amides is 1. The predicted octanol–water partition coefficient (Wildman–Crippen LogP) is 2.03. The molecule has 1 amide bonds. The first-order chi connectivity index (χ1) is 9.15. The van der Waals surface area contributed by atoms with Crippen LogP contribution < -0.4 is 0 Å². The Morgan fingerprint density at radius 1 is 1.32 bits per heavy atom. The fraction of sp³-hybridized carbons (Fsp3) is 0.500. The third-order valence-electron chi connectivity index (χ3n) is 4.07. The minimum Gasteiger partial charge on any atom is -0.336 e. The number of rotatable bonds is 1. The number of benzene rings is 1. The number of hydrogen-bond acceptors (Lipinski definition) is 3. The summed E-state index contributed by atoms with van der Waals surface area (Å²) in [5.41, 5.74) is 0.526. The van der Waals surface area contributed by atoms with E-state index in [2.05, 4.69) is 17.5 Å². The number of hydrogen-bond donors (Lipinski definition) is 1. The van der Waals surface area contributed by atoms with Gasteiger partial charge in [-0.15, -0.1) is 12.6 Å². The Kier molecular flexibility index (Phi) is 3.50. The van der Waals surface area contributed by atoms with E-state index in [4.69, 9.17) is 0 Å². The molecule has 1 aromatic carbocycles. The Balaban J connectivity index is 1.74. The van der Waals surface area contributed by atoms with Crippen molar-refractivity contribution in [2.24, 2.45) is 0 Å². The first kappa shape index (κ1) is 12.9. The minimum absolute atomic E-state index is 0.0122. The summed E-state index contributed by atoms with van der Waals surface area (Å²) >= 11 is 4.03. The van der Waals surface area contributed by atoms with Gasteiger partial charge in [0.15, 0.2) is 0 Å². The Morgan fingerprint density at radius 3 is 2.95 bits per heavy atom. The van der Waals surface area contributed by atoms with Gasteiger partial charge in [-0.3, -0.25) is 9.69 Å². The van der Waals surface area contributed by atoms with Crippen LogP contribution in [-0.4, -0.2) is 47.9 Å². The van der Waals surface area contributed by atoms with Crippen molar-refractivity contribution >= 4 is 18.5 Å². The molecule has 0 saturated carbocycles. The second kappa shape index (κ2) is 5.13. The maximum Gasteiger partial charge on any atom is 0.253 e. The first-order valence-corrected chi connectivity index (χ1v) is 7.12. The van der Waals surface area contributed by atoms with Crippen molar-refractivity contribution in [1.29, 1.82) is 0 Å². The first-order valence-electron chi connectivity index (χ1n) is 6.67. The van der Waals surface area contributed by atoms with Crippen molar-refractivity contribution in [2.45, 2.75) is 23.8 Å². The zero-order chi connectivity index (χ0) is 13.4. The van der Waals surface area contributed by atoms with Gasteiger partial charge in [0, 0.05) is 36.1 Å². The summed E-state index contributed by atoms with van der Waals surface area (Å²) in [7, 11) is 0. The van der Waals surface area contributed by atoms with Crippen molar-refractivity contribution in [2.75, 3.05) is 26.2 Å². The van der Waals surface area contributed by atoms with Crippen LogP contribution in [0.15, 0.2) is 23.1 Å². The summed E-state index contributed by atoms with van der Waals surface area (Å²) < 4.78 is 13.2. The maximum absolute atomic E-state index is 13.2. The van der Waals surface area contributed by atoms with Crippen LogP contribution in [0.3, 0.4) is 0 Å². The number of carbonyl (C=O) groups excluding carboxylic acids is 1. The standard InChI is InChI=1S/C14H17FN2OS/c15-12-4-3-10(8-13(12)19)14(18)17-7-6-16-5-1-2-11(16)9-17/h3-4,8,11,19H,1-2,5-7,9H2. The molecule has 0 radical (unpaired) electrons. The molecular formula is C14H17FN2OS. The zero-order valence-corrected chi connectivity index (χ0v) is 11.6. The summed E-state index contributed by atoms with van der Waals surface area (Å²) in [6, 6.07) is 4.87. The molecule has 2 aliphatic heterocycles. The number of carbonyl (C=O) groups is 1. The van der Waals surface area contributed by atoms with Gasteiger partial charge < -0.3 is 4.90 Å². The molecule has 1 aromatic rings. The van der Waals surface area contributed by atoms with Gasteiger partial charge in [-0.05, 0) is 37.6 Å². The highest BCUT2D eigenvalue weighted by Crippen LogP contribution is 2.23. The number of thiol groups is 1. The Hall–Kier alpha value is -1.07. The minimum atomic E-state index is -0.388. The molecule has 102 valence electrons. The molecule has 0 aromatic heterocycles. The monoisotopic (exact) mass is 280 g/mol. The number of fused-ring (bicyclic) bond motifs is 1. The smallest absolute Gasteiger partial charge is 0.253 e. The van der Waals surface area contributed by atoms with Crippen molar-refractivity contribution in [3.63, 3.8) is 0 Å². The molecule has 0 N–H and O–H groups in total. The third kappa shape index (κ3) is 2.49. The summed E-state index contributed by atoms with van der Waals surface area (Å²) in [5.74, 6) is -0.401. The molecule has 2 aliphatic rings. The van der Waals surface area contributed by atoms with Gasteiger partial charge >= 0.3 is 0 Å². The van der Waals surface area contributed by atoms with Crippen LogP contribution in [0, 0.1) is 5.82 Å². The fourth-order valence-corrected chi connectivity index (χ4v) is 3.22. The lowest BCUT2D eigenvalue weighted by atomic mass is 10.1. The molecule has 3 nitrogen and oxygen atoms in total.